The van der Waals surface area contributed by atoms with Crippen molar-refractivity contribution in [3.63, 3.8) is 0 Å². The maximum Gasteiger partial charge on any atom is 0.264 e. The summed E-state index contributed by atoms with van der Waals surface area (Å²) in [5.41, 5.74) is 4.77. The van der Waals surface area contributed by atoms with Gasteiger partial charge in [-0.05, 0) is 123 Å². The number of amides is 1. The van der Waals surface area contributed by atoms with Crippen molar-refractivity contribution in [1.82, 2.24) is 0 Å². The number of hydrogen-bond donors (Lipinski definition) is 1. The summed E-state index contributed by atoms with van der Waals surface area (Å²) >= 11 is 0. The summed E-state index contributed by atoms with van der Waals surface area (Å²) in [4.78, 5) is 13.4. The fourth-order valence-electron chi connectivity index (χ4n) is 7.64. The lowest BCUT2D eigenvalue weighted by atomic mass is 9.48. The van der Waals surface area contributed by atoms with Crippen LogP contribution in [-0.2, 0) is 20.2 Å². The van der Waals surface area contributed by atoms with Crippen LogP contribution in [0.4, 0.5) is 11.4 Å². The monoisotopic (exact) mass is 528 g/mol. The summed E-state index contributed by atoms with van der Waals surface area (Å²) in [7, 11) is -3.94. The molecular formula is C32H36N2O3S. The van der Waals surface area contributed by atoms with Crippen LogP contribution in [0, 0.1) is 31.6 Å². The Morgan fingerprint density at radius 3 is 2.03 bits per heavy atom. The van der Waals surface area contributed by atoms with Crippen LogP contribution >= 0.6 is 0 Å². The predicted molar refractivity (Wildman–Crippen MR) is 152 cm³/mol. The van der Waals surface area contributed by atoms with Crippen LogP contribution in [0.3, 0.4) is 0 Å². The molecule has 3 aromatic carbocycles. The number of carbonyl (C=O) groups is 1. The number of rotatable bonds is 7. The first-order valence-electron chi connectivity index (χ1n) is 13.8. The highest BCUT2D eigenvalue weighted by atomic mass is 32.2. The zero-order valence-corrected chi connectivity index (χ0v) is 23.0. The van der Waals surface area contributed by atoms with Crippen molar-refractivity contribution in [2.45, 2.75) is 62.7 Å². The van der Waals surface area contributed by atoms with Gasteiger partial charge >= 0.3 is 0 Å². The molecule has 198 valence electrons. The third-order valence-electron chi connectivity index (χ3n) is 9.01. The number of sulfonamides is 1. The van der Waals surface area contributed by atoms with Gasteiger partial charge in [-0.25, -0.2) is 8.42 Å². The zero-order valence-electron chi connectivity index (χ0n) is 22.2. The molecule has 38 heavy (non-hydrogen) atoms. The van der Waals surface area contributed by atoms with Gasteiger partial charge in [0.25, 0.3) is 10.0 Å². The quantitative estimate of drug-likeness (QED) is 0.375. The van der Waals surface area contributed by atoms with Gasteiger partial charge in [-0.2, -0.15) is 0 Å². The van der Waals surface area contributed by atoms with Crippen molar-refractivity contribution in [1.29, 1.82) is 0 Å². The molecule has 0 saturated heterocycles. The molecule has 4 aliphatic rings. The minimum atomic E-state index is -3.94. The largest absolute Gasteiger partial charge is 0.325 e. The lowest BCUT2D eigenvalue weighted by Crippen LogP contribution is -2.48. The molecule has 0 radical (unpaired) electrons. The molecule has 3 aromatic rings. The molecular weight excluding hydrogens is 492 g/mol. The molecule has 0 heterocycles. The first-order valence-corrected chi connectivity index (χ1v) is 15.2. The molecule has 7 rings (SSSR count). The van der Waals surface area contributed by atoms with E-state index in [4.69, 9.17) is 0 Å². The van der Waals surface area contributed by atoms with E-state index in [0.717, 1.165) is 28.9 Å². The first kappa shape index (κ1) is 25.2. The Balaban J connectivity index is 1.21. The van der Waals surface area contributed by atoms with Crippen LogP contribution in [0.5, 0.6) is 0 Å². The first-order chi connectivity index (χ1) is 18.2. The second-order valence-electron chi connectivity index (χ2n) is 12.0. The highest BCUT2D eigenvalue weighted by Gasteiger charge is 2.51. The molecule has 0 atom stereocenters. The Morgan fingerprint density at radius 2 is 1.45 bits per heavy atom. The average molecular weight is 529 g/mol. The normalized spacial score (nSPS) is 25.8. The SMILES string of the molecule is Cc1ccc(S(=O)(=O)N(CC(=O)Nc2ccc(C34CC5CC(CC(C5)C3)C4)cc2)c2cccc(C)c2)cc1. The molecule has 4 saturated carbocycles. The van der Waals surface area contributed by atoms with E-state index in [1.165, 1.54) is 48.4 Å². The van der Waals surface area contributed by atoms with Gasteiger partial charge in [0.15, 0.2) is 0 Å². The summed E-state index contributed by atoms with van der Waals surface area (Å²) in [5, 5.41) is 2.95. The fourth-order valence-corrected chi connectivity index (χ4v) is 9.05. The Morgan fingerprint density at radius 1 is 0.842 bits per heavy atom. The van der Waals surface area contributed by atoms with Gasteiger partial charge in [0.1, 0.15) is 6.54 Å². The molecule has 4 bridgehead atoms. The molecule has 1 N–H and O–H groups in total. The van der Waals surface area contributed by atoms with Gasteiger partial charge in [0.05, 0.1) is 10.6 Å². The van der Waals surface area contributed by atoms with Gasteiger partial charge in [-0.3, -0.25) is 9.10 Å². The van der Waals surface area contributed by atoms with Crippen molar-refractivity contribution in [3.8, 4) is 0 Å². The summed E-state index contributed by atoms with van der Waals surface area (Å²) in [6.45, 7) is 3.51. The topological polar surface area (TPSA) is 66.5 Å². The van der Waals surface area contributed by atoms with Crippen LogP contribution in [0.25, 0.3) is 0 Å². The molecule has 0 spiro atoms. The molecule has 4 fully saturated rings. The molecule has 5 nitrogen and oxygen atoms in total. The number of hydrogen-bond acceptors (Lipinski definition) is 3. The van der Waals surface area contributed by atoms with Crippen LogP contribution < -0.4 is 9.62 Å². The van der Waals surface area contributed by atoms with E-state index in [1.54, 1.807) is 36.4 Å². The van der Waals surface area contributed by atoms with Crippen LogP contribution in [0.1, 0.15) is 55.2 Å². The standard InChI is InChI=1S/C32H36N2O3S/c1-22-6-12-30(13-7-22)38(36,37)34(29-5-3-4-23(2)14-29)21-31(35)33-28-10-8-27(9-11-28)32-18-24-15-25(19-32)17-26(16-24)20-32/h3-14,24-26H,15-21H2,1-2H3,(H,33,35). The van der Waals surface area contributed by atoms with E-state index in [1.807, 2.05) is 38.1 Å². The fraction of sp³-hybridized carbons (Fsp3) is 0.406. The molecule has 0 aromatic heterocycles. The number of nitrogens with zero attached hydrogens (tertiary/aromatic N) is 1. The number of aryl methyl sites for hydroxylation is 2. The Kier molecular flexibility index (Phi) is 6.34. The Hall–Kier alpha value is -3.12. The highest BCUT2D eigenvalue weighted by Crippen LogP contribution is 2.60. The molecule has 6 heteroatoms. The summed E-state index contributed by atoms with van der Waals surface area (Å²) in [6, 6.07) is 22.3. The maximum atomic E-state index is 13.6. The summed E-state index contributed by atoms with van der Waals surface area (Å²) in [6.07, 6.45) is 8.13. The second-order valence-corrected chi connectivity index (χ2v) is 13.8. The summed E-state index contributed by atoms with van der Waals surface area (Å²) in [5.74, 6) is 2.26. The lowest BCUT2D eigenvalue weighted by molar-refractivity contribution is -0.114. The van der Waals surface area contributed by atoms with Crippen molar-refractivity contribution in [2.24, 2.45) is 17.8 Å². The van der Waals surface area contributed by atoms with Gasteiger partial charge in [-0.15, -0.1) is 0 Å². The van der Waals surface area contributed by atoms with Crippen LogP contribution in [-0.4, -0.2) is 20.9 Å². The van der Waals surface area contributed by atoms with Crippen molar-refractivity contribution in [2.75, 3.05) is 16.2 Å². The highest BCUT2D eigenvalue weighted by molar-refractivity contribution is 7.92. The van der Waals surface area contributed by atoms with E-state index >= 15 is 0 Å². The average Bonchev–Trinajstić information content (AvgIpc) is 2.87. The lowest BCUT2D eigenvalue weighted by Gasteiger charge is -2.57. The predicted octanol–water partition coefficient (Wildman–Crippen LogP) is 6.61. The molecule has 0 unspecified atom stereocenters. The van der Waals surface area contributed by atoms with E-state index < -0.39 is 10.0 Å². The van der Waals surface area contributed by atoms with Gasteiger partial charge in [0, 0.05) is 5.69 Å². The third-order valence-corrected chi connectivity index (χ3v) is 10.8. The number of nitrogens with one attached hydrogen (secondary N) is 1. The Bertz CT molecular complexity index is 1410. The second kappa shape index (κ2) is 9.57. The van der Waals surface area contributed by atoms with Gasteiger partial charge in [0.2, 0.25) is 5.91 Å². The summed E-state index contributed by atoms with van der Waals surface area (Å²) < 4.78 is 28.5. The Labute approximate surface area is 226 Å². The van der Waals surface area contributed by atoms with Crippen molar-refractivity contribution < 1.29 is 13.2 Å². The number of anilines is 2. The van der Waals surface area contributed by atoms with Gasteiger partial charge < -0.3 is 5.32 Å². The minimum Gasteiger partial charge on any atom is -0.325 e. The molecule has 0 aliphatic heterocycles. The maximum absolute atomic E-state index is 13.6. The molecule has 4 aliphatic carbocycles. The minimum absolute atomic E-state index is 0.164. The van der Waals surface area contributed by atoms with Gasteiger partial charge in [-0.1, -0.05) is 42.0 Å². The van der Waals surface area contributed by atoms with Crippen molar-refractivity contribution >= 4 is 27.3 Å². The van der Waals surface area contributed by atoms with Crippen LogP contribution in [0.2, 0.25) is 0 Å². The van der Waals surface area contributed by atoms with Crippen molar-refractivity contribution in [3.05, 3.63) is 89.5 Å². The number of benzene rings is 3. The van der Waals surface area contributed by atoms with E-state index in [-0.39, 0.29) is 17.3 Å². The molecule has 1 amide bonds. The van der Waals surface area contributed by atoms with Crippen LogP contribution in [0.15, 0.2) is 77.7 Å². The zero-order chi connectivity index (χ0) is 26.5. The van der Waals surface area contributed by atoms with E-state index in [9.17, 15) is 13.2 Å². The van der Waals surface area contributed by atoms with E-state index in [0.29, 0.717) is 16.8 Å². The third kappa shape index (κ3) is 4.75. The number of carbonyl (C=O) groups excluding carboxylic acids is 1. The van der Waals surface area contributed by atoms with E-state index in [2.05, 4.69) is 17.4 Å². The smallest absolute Gasteiger partial charge is 0.264 e.